The molecule has 2 aromatic carbocycles. The fourth-order valence-electron chi connectivity index (χ4n) is 2.38. The first kappa shape index (κ1) is 15.3. The van der Waals surface area contributed by atoms with E-state index >= 15 is 0 Å². The second-order valence-corrected chi connectivity index (χ2v) is 6.37. The lowest BCUT2D eigenvalue weighted by Crippen LogP contribution is -2.19. The zero-order valence-electron chi connectivity index (χ0n) is 11.8. The van der Waals surface area contributed by atoms with Crippen molar-refractivity contribution in [3.8, 4) is 11.1 Å². The van der Waals surface area contributed by atoms with Gasteiger partial charge in [0.1, 0.15) is 0 Å². The Labute approximate surface area is 138 Å². The Kier molecular flexibility index (Phi) is 4.60. The highest BCUT2D eigenvalue weighted by molar-refractivity contribution is 7.08. The number of thiophene rings is 1. The van der Waals surface area contributed by atoms with Gasteiger partial charge in [0.25, 0.3) is 0 Å². The van der Waals surface area contributed by atoms with Crippen LogP contribution in [-0.2, 0) is 0 Å². The third-order valence-electron chi connectivity index (χ3n) is 3.70. The van der Waals surface area contributed by atoms with Gasteiger partial charge < -0.3 is 10.8 Å². The summed E-state index contributed by atoms with van der Waals surface area (Å²) < 4.78 is 0. The van der Waals surface area contributed by atoms with Gasteiger partial charge in [-0.1, -0.05) is 48.0 Å². The Bertz CT molecular complexity index is 723. The number of nitrogens with two attached hydrogens (primary N) is 1. The summed E-state index contributed by atoms with van der Waals surface area (Å²) in [6, 6.07) is 16.7. The number of hydrogen-bond donors (Lipinski definition) is 2. The van der Waals surface area contributed by atoms with Gasteiger partial charge in [0.05, 0.1) is 12.1 Å². The van der Waals surface area contributed by atoms with Crippen molar-refractivity contribution in [1.82, 2.24) is 0 Å². The maximum absolute atomic E-state index is 10.5. The molecule has 1 heterocycles. The molecule has 22 heavy (non-hydrogen) atoms. The molecule has 0 aliphatic heterocycles. The standard InChI is InChI=1S/C18H16ClNOS/c19-16-7-5-13(6-8-16)17(20)18(21)14-3-1-12(2-4-14)15-9-10-22-11-15/h1-11,17-18,21H,20H2. The average molecular weight is 330 g/mol. The normalized spacial score (nSPS) is 13.8. The summed E-state index contributed by atoms with van der Waals surface area (Å²) in [6.07, 6.45) is -0.752. The topological polar surface area (TPSA) is 46.2 Å². The minimum atomic E-state index is -0.752. The van der Waals surface area contributed by atoms with Crippen LogP contribution in [0.5, 0.6) is 0 Å². The second-order valence-electron chi connectivity index (χ2n) is 5.16. The molecule has 0 spiro atoms. The first-order chi connectivity index (χ1) is 10.6. The fraction of sp³-hybridized carbons (Fsp3) is 0.111. The predicted molar refractivity (Wildman–Crippen MR) is 93.1 cm³/mol. The fourth-order valence-corrected chi connectivity index (χ4v) is 3.17. The van der Waals surface area contributed by atoms with E-state index < -0.39 is 12.1 Å². The van der Waals surface area contributed by atoms with E-state index in [2.05, 4.69) is 16.8 Å². The van der Waals surface area contributed by atoms with Crippen molar-refractivity contribution in [2.75, 3.05) is 0 Å². The Morgan fingerprint density at radius 3 is 2.09 bits per heavy atom. The summed E-state index contributed by atoms with van der Waals surface area (Å²) in [5, 5.41) is 15.3. The Morgan fingerprint density at radius 2 is 1.50 bits per heavy atom. The zero-order chi connectivity index (χ0) is 15.5. The molecule has 0 fully saturated rings. The van der Waals surface area contributed by atoms with Crippen molar-refractivity contribution in [2.45, 2.75) is 12.1 Å². The highest BCUT2D eigenvalue weighted by Gasteiger charge is 2.18. The lowest BCUT2D eigenvalue weighted by atomic mass is 9.95. The van der Waals surface area contributed by atoms with Gasteiger partial charge in [-0.2, -0.15) is 11.3 Å². The molecule has 2 unspecified atom stereocenters. The minimum Gasteiger partial charge on any atom is -0.386 e. The smallest absolute Gasteiger partial charge is 0.0982 e. The molecule has 2 atom stereocenters. The van der Waals surface area contributed by atoms with Crippen molar-refractivity contribution in [3.05, 3.63) is 81.5 Å². The molecule has 0 radical (unpaired) electrons. The van der Waals surface area contributed by atoms with Gasteiger partial charge in [-0.15, -0.1) is 0 Å². The van der Waals surface area contributed by atoms with E-state index in [1.807, 2.05) is 36.4 Å². The molecule has 3 N–H and O–H groups in total. The summed E-state index contributed by atoms with van der Waals surface area (Å²) in [6.45, 7) is 0. The lowest BCUT2D eigenvalue weighted by molar-refractivity contribution is 0.147. The summed E-state index contributed by atoms with van der Waals surface area (Å²) >= 11 is 7.54. The summed E-state index contributed by atoms with van der Waals surface area (Å²) in [5.41, 5.74) is 10.2. The quantitative estimate of drug-likeness (QED) is 0.722. The molecule has 0 amide bonds. The van der Waals surface area contributed by atoms with Gasteiger partial charge in [0.15, 0.2) is 0 Å². The van der Waals surface area contributed by atoms with Crippen LogP contribution in [-0.4, -0.2) is 5.11 Å². The second kappa shape index (κ2) is 6.63. The third kappa shape index (κ3) is 3.23. The highest BCUT2D eigenvalue weighted by Crippen LogP contribution is 2.29. The molecule has 0 aliphatic rings. The highest BCUT2D eigenvalue weighted by atomic mass is 35.5. The number of aliphatic hydroxyl groups excluding tert-OH is 1. The molecule has 3 aromatic rings. The lowest BCUT2D eigenvalue weighted by Gasteiger charge is -2.20. The van der Waals surface area contributed by atoms with Crippen LogP contribution >= 0.6 is 22.9 Å². The molecule has 112 valence electrons. The number of benzene rings is 2. The average Bonchev–Trinajstić information content (AvgIpc) is 3.09. The number of hydrogen-bond acceptors (Lipinski definition) is 3. The van der Waals surface area contributed by atoms with E-state index in [4.69, 9.17) is 17.3 Å². The van der Waals surface area contributed by atoms with Crippen LogP contribution in [0.4, 0.5) is 0 Å². The molecule has 4 heteroatoms. The van der Waals surface area contributed by atoms with E-state index in [-0.39, 0.29) is 0 Å². The molecule has 0 saturated heterocycles. The maximum Gasteiger partial charge on any atom is 0.0982 e. The van der Waals surface area contributed by atoms with Crippen molar-refractivity contribution in [1.29, 1.82) is 0 Å². The van der Waals surface area contributed by atoms with Gasteiger partial charge in [-0.3, -0.25) is 0 Å². The van der Waals surface area contributed by atoms with Crippen LogP contribution < -0.4 is 5.73 Å². The van der Waals surface area contributed by atoms with Gasteiger partial charge >= 0.3 is 0 Å². The van der Waals surface area contributed by atoms with Gasteiger partial charge in [-0.05, 0) is 51.2 Å². The van der Waals surface area contributed by atoms with Crippen LogP contribution in [0.1, 0.15) is 23.3 Å². The molecule has 0 aliphatic carbocycles. The molecule has 0 bridgehead atoms. The summed E-state index contributed by atoms with van der Waals surface area (Å²) in [7, 11) is 0. The minimum absolute atomic E-state index is 0.482. The van der Waals surface area contributed by atoms with Crippen LogP contribution in [0.2, 0.25) is 5.02 Å². The maximum atomic E-state index is 10.5. The number of aliphatic hydroxyl groups is 1. The van der Waals surface area contributed by atoms with Gasteiger partial charge in [0.2, 0.25) is 0 Å². The van der Waals surface area contributed by atoms with E-state index in [0.717, 1.165) is 16.7 Å². The first-order valence-corrected chi connectivity index (χ1v) is 8.29. The Hall–Kier alpha value is -1.65. The summed E-state index contributed by atoms with van der Waals surface area (Å²) in [4.78, 5) is 0. The molecular weight excluding hydrogens is 314 g/mol. The number of rotatable bonds is 4. The van der Waals surface area contributed by atoms with Gasteiger partial charge in [0, 0.05) is 5.02 Å². The monoisotopic (exact) mass is 329 g/mol. The van der Waals surface area contributed by atoms with E-state index in [1.165, 1.54) is 5.56 Å². The van der Waals surface area contributed by atoms with Crippen LogP contribution in [0.15, 0.2) is 65.4 Å². The molecule has 1 aromatic heterocycles. The van der Waals surface area contributed by atoms with Crippen LogP contribution in [0.25, 0.3) is 11.1 Å². The molecular formula is C18H16ClNOS. The van der Waals surface area contributed by atoms with E-state index in [0.29, 0.717) is 5.02 Å². The van der Waals surface area contributed by atoms with Crippen molar-refractivity contribution in [2.24, 2.45) is 5.73 Å². The van der Waals surface area contributed by atoms with Gasteiger partial charge in [-0.25, -0.2) is 0 Å². The van der Waals surface area contributed by atoms with Crippen molar-refractivity contribution >= 4 is 22.9 Å². The van der Waals surface area contributed by atoms with Crippen LogP contribution in [0.3, 0.4) is 0 Å². The molecule has 3 rings (SSSR count). The third-order valence-corrected chi connectivity index (χ3v) is 4.64. The summed E-state index contributed by atoms with van der Waals surface area (Å²) in [5.74, 6) is 0. The van der Waals surface area contributed by atoms with E-state index in [9.17, 15) is 5.11 Å². The Morgan fingerprint density at radius 1 is 0.864 bits per heavy atom. The van der Waals surface area contributed by atoms with Crippen LogP contribution in [0, 0.1) is 0 Å². The largest absolute Gasteiger partial charge is 0.386 e. The number of halogens is 1. The first-order valence-electron chi connectivity index (χ1n) is 6.97. The Balaban J connectivity index is 1.79. The SMILES string of the molecule is NC(c1ccc(Cl)cc1)C(O)c1ccc(-c2ccsc2)cc1. The predicted octanol–water partition coefficient (Wildman–Crippen LogP) is 4.80. The zero-order valence-corrected chi connectivity index (χ0v) is 13.4. The molecule has 2 nitrogen and oxygen atoms in total. The molecule has 0 saturated carbocycles. The van der Waals surface area contributed by atoms with Crippen molar-refractivity contribution < 1.29 is 5.11 Å². The van der Waals surface area contributed by atoms with E-state index in [1.54, 1.807) is 23.5 Å². The van der Waals surface area contributed by atoms with Crippen molar-refractivity contribution in [3.63, 3.8) is 0 Å².